The maximum atomic E-state index is 13.0. The van der Waals surface area contributed by atoms with Crippen LogP contribution >= 0.6 is 12.4 Å². The van der Waals surface area contributed by atoms with Crippen LogP contribution in [-0.2, 0) is 21.7 Å². The van der Waals surface area contributed by atoms with Crippen LogP contribution < -0.4 is 15.4 Å². The average Bonchev–Trinajstić information content (AvgIpc) is 2.80. The molecule has 2 aliphatic heterocycles. The second-order valence-corrected chi connectivity index (χ2v) is 8.01. The van der Waals surface area contributed by atoms with Crippen molar-refractivity contribution in [2.75, 3.05) is 26.3 Å². The van der Waals surface area contributed by atoms with Crippen LogP contribution in [0.25, 0.3) is 0 Å². The van der Waals surface area contributed by atoms with Gasteiger partial charge in [-0.1, -0.05) is 42.5 Å². The Balaban J connectivity index is 0.00000256. The predicted molar refractivity (Wildman–Crippen MR) is 120 cm³/mol. The van der Waals surface area contributed by atoms with Gasteiger partial charge in [-0.05, 0) is 62.0 Å². The van der Waals surface area contributed by atoms with E-state index < -0.39 is 0 Å². The van der Waals surface area contributed by atoms with E-state index in [4.69, 9.17) is 9.47 Å². The lowest BCUT2D eigenvalue weighted by Gasteiger charge is -2.40. The molecule has 0 aromatic heterocycles. The number of ether oxygens (including phenoxy) is 2. The first-order valence-electron chi connectivity index (χ1n) is 10.6. The number of hydrogen-bond acceptors (Lipinski definition) is 4. The first-order chi connectivity index (χ1) is 14.3. The van der Waals surface area contributed by atoms with Gasteiger partial charge in [-0.25, -0.2) is 0 Å². The van der Waals surface area contributed by atoms with Gasteiger partial charge in [-0.3, -0.25) is 4.79 Å². The van der Waals surface area contributed by atoms with E-state index in [-0.39, 0.29) is 29.8 Å². The first-order valence-corrected chi connectivity index (χ1v) is 10.6. The van der Waals surface area contributed by atoms with E-state index in [9.17, 15) is 4.79 Å². The van der Waals surface area contributed by atoms with Crippen molar-refractivity contribution in [1.29, 1.82) is 0 Å². The smallest absolute Gasteiger partial charge is 0.223 e. The topological polar surface area (TPSA) is 59.6 Å². The lowest BCUT2D eigenvalue weighted by Crippen LogP contribution is -2.52. The van der Waals surface area contributed by atoms with Crippen LogP contribution in [0.1, 0.15) is 36.8 Å². The van der Waals surface area contributed by atoms with Crippen molar-refractivity contribution in [2.45, 2.75) is 37.8 Å². The third-order valence-electron chi connectivity index (χ3n) is 6.07. The Morgan fingerprint density at radius 3 is 2.37 bits per heavy atom. The molecule has 1 amide bonds. The van der Waals surface area contributed by atoms with Crippen molar-refractivity contribution in [3.63, 3.8) is 0 Å². The lowest BCUT2D eigenvalue weighted by atomic mass is 9.81. The van der Waals surface area contributed by atoms with Gasteiger partial charge in [0.1, 0.15) is 12.4 Å². The molecule has 2 aromatic carbocycles. The van der Waals surface area contributed by atoms with Crippen LogP contribution in [0.2, 0.25) is 0 Å². The Morgan fingerprint density at radius 1 is 1.03 bits per heavy atom. The zero-order valence-electron chi connectivity index (χ0n) is 17.3. The molecule has 0 atom stereocenters. The van der Waals surface area contributed by atoms with Gasteiger partial charge in [0.2, 0.25) is 5.91 Å². The summed E-state index contributed by atoms with van der Waals surface area (Å²) in [4.78, 5) is 13.0. The Morgan fingerprint density at radius 2 is 1.70 bits per heavy atom. The van der Waals surface area contributed by atoms with Crippen molar-refractivity contribution in [2.24, 2.45) is 5.92 Å². The average molecular weight is 431 g/mol. The Labute approximate surface area is 184 Å². The van der Waals surface area contributed by atoms with Crippen LogP contribution in [0.3, 0.4) is 0 Å². The van der Waals surface area contributed by atoms with Crippen molar-refractivity contribution >= 4 is 18.3 Å². The normalized spacial score (nSPS) is 18.8. The van der Waals surface area contributed by atoms with Crippen molar-refractivity contribution in [3.8, 4) is 5.75 Å². The molecule has 0 saturated carbocycles. The summed E-state index contributed by atoms with van der Waals surface area (Å²) < 4.78 is 11.5. The van der Waals surface area contributed by atoms with Gasteiger partial charge in [0.25, 0.3) is 0 Å². The molecule has 5 nitrogen and oxygen atoms in total. The fourth-order valence-corrected chi connectivity index (χ4v) is 4.24. The molecule has 6 heteroatoms. The molecule has 0 radical (unpaired) electrons. The van der Waals surface area contributed by atoms with Crippen LogP contribution in [0.5, 0.6) is 5.75 Å². The molecule has 2 N–H and O–H groups in total. The molecule has 0 bridgehead atoms. The third-order valence-corrected chi connectivity index (χ3v) is 6.07. The first kappa shape index (κ1) is 22.6. The summed E-state index contributed by atoms with van der Waals surface area (Å²) in [5.74, 6) is 1.12. The number of hydrogen-bond donors (Lipinski definition) is 2. The largest absolute Gasteiger partial charge is 0.489 e. The number of piperidine rings is 1. The highest BCUT2D eigenvalue weighted by molar-refractivity contribution is 5.85. The zero-order valence-corrected chi connectivity index (χ0v) is 18.1. The standard InChI is InChI=1S/C24H30N2O3.ClH/c27-23(20-10-14-25-15-11-20)26-24(12-16-28-17-13-24)21-6-8-22(9-7-21)29-18-19-4-2-1-3-5-19;/h1-9,20,25H,10-18H2,(H,26,27);1H. The maximum absolute atomic E-state index is 13.0. The van der Waals surface area contributed by atoms with Crippen molar-refractivity contribution < 1.29 is 14.3 Å². The molecule has 2 fully saturated rings. The fourth-order valence-electron chi connectivity index (χ4n) is 4.24. The number of amides is 1. The van der Waals surface area contributed by atoms with E-state index in [2.05, 4.69) is 34.9 Å². The summed E-state index contributed by atoms with van der Waals surface area (Å²) in [5, 5.41) is 6.74. The van der Waals surface area contributed by atoms with Crippen LogP contribution in [0, 0.1) is 5.92 Å². The van der Waals surface area contributed by atoms with Crippen molar-refractivity contribution in [1.82, 2.24) is 10.6 Å². The maximum Gasteiger partial charge on any atom is 0.223 e. The molecule has 2 aliphatic rings. The molecule has 2 aromatic rings. The van der Waals surface area contributed by atoms with Gasteiger partial charge in [-0.2, -0.15) is 0 Å². The Bertz CT molecular complexity index is 786. The monoisotopic (exact) mass is 430 g/mol. The molecule has 30 heavy (non-hydrogen) atoms. The summed E-state index contributed by atoms with van der Waals surface area (Å²) in [6.45, 7) is 3.71. The minimum atomic E-state index is -0.349. The summed E-state index contributed by atoms with van der Waals surface area (Å²) in [6, 6.07) is 18.3. The van der Waals surface area contributed by atoms with Crippen LogP contribution in [0.15, 0.2) is 54.6 Å². The summed E-state index contributed by atoms with van der Waals surface area (Å²) in [5.41, 5.74) is 1.93. The van der Waals surface area contributed by atoms with Gasteiger partial charge in [0.05, 0.1) is 5.54 Å². The predicted octanol–water partition coefficient (Wildman–Crippen LogP) is 3.81. The second kappa shape index (κ2) is 10.8. The molecule has 2 heterocycles. The Kier molecular flexibility index (Phi) is 8.14. The number of halogens is 1. The summed E-state index contributed by atoms with van der Waals surface area (Å²) in [6.07, 6.45) is 3.41. The highest BCUT2D eigenvalue weighted by Crippen LogP contribution is 2.34. The van der Waals surface area contributed by atoms with Gasteiger partial charge in [0.15, 0.2) is 0 Å². The van der Waals surface area contributed by atoms with E-state index in [0.29, 0.717) is 19.8 Å². The molecule has 2 saturated heterocycles. The van der Waals surface area contributed by atoms with Gasteiger partial charge in [0, 0.05) is 19.1 Å². The molecule has 4 rings (SSSR count). The van der Waals surface area contributed by atoms with E-state index in [1.54, 1.807) is 0 Å². The fraction of sp³-hybridized carbons (Fsp3) is 0.458. The van der Waals surface area contributed by atoms with Gasteiger partial charge >= 0.3 is 0 Å². The summed E-state index contributed by atoms with van der Waals surface area (Å²) in [7, 11) is 0. The summed E-state index contributed by atoms with van der Waals surface area (Å²) >= 11 is 0. The molecule has 162 valence electrons. The van der Waals surface area contributed by atoms with Crippen LogP contribution in [-0.4, -0.2) is 32.2 Å². The Hall–Kier alpha value is -2.08. The van der Waals surface area contributed by atoms with E-state index >= 15 is 0 Å². The highest BCUT2D eigenvalue weighted by Gasteiger charge is 2.37. The lowest BCUT2D eigenvalue weighted by molar-refractivity contribution is -0.129. The second-order valence-electron chi connectivity index (χ2n) is 8.01. The van der Waals surface area contributed by atoms with Gasteiger partial charge in [-0.15, -0.1) is 12.4 Å². The van der Waals surface area contributed by atoms with Crippen LogP contribution in [0.4, 0.5) is 0 Å². The number of rotatable bonds is 6. The van der Waals surface area contributed by atoms with E-state index in [0.717, 1.165) is 55.6 Å². The molecular formula is C24H31ClN2O3. The molecule has 0 aliphatic carbocycles. The minimum absolute atomic E-state index is 0. The number of carbonyl (C=O) groups is 1. The zero-order chi connectivity index (χ0) is 19.9. The number of carbonyl (C=O) groups excluding carboxylic acids is 1. The number of benzene rings is 2. The van der Waals surface area contributed by atoms with E-state index in [1.807, 2.05) is 30.3 Å². The molecule has 0 spiro atoms. The SMILES string of the molecule is Cl.O=C(NC1(c2ccc(OCc3ccccc3)cc2)CCOCC1)C1CCNCC1. The third kappa shape index (κ3) is 5.54. The van der Waals surface area contributed by atoms with Gasteiger partial charge < -0.3 is 20.1 Å². The highest BCUT2D eigenvalue weighted by atomic mass is 35.5. The molecule has 0 unspecified atom stereocenters. The minimum Gasteiger partial charge on any atom is -0.489 e. The molecular weight excluding hydrogens is 400 g/mol. The van der Waals surface area contributed by atoms with E-state index in [1.165, 1.54) is 0 Å². The quantitative estimate of drug-likeness (QED) is 0.731. The number of nitrogens with one attached hydrogen (secondary N) is 2. The van der Waals surface area contributed by atoms with Crippen molar-refractivity contribution in [3.05, 3.63) is 65.7 Å².